The number of imide groups is 1. The van der Waals surface area contributed by atoms with Crippen molar-refractivity contribution in [1.82, 2.24) is 4.90 Å². The SMILES string of the molecule is COc1ccc(/C=C2\SC(=O)N(Cc3cccc4ccccc34)C2=O)cc1Br. The number of benzene rings is 3. The molecule has 140 valence electrons. The van der Waals surface area contributed by atoms with Crippen molar-refractivity contribution in [3.8, 4) is 5.75 Å². The van der Waals surface area contributed by atoms with E-state index in [2.05, 4.69) is 15.9 Å². The Morgan fingerprint density at radius 1 is 1.07 bits per heavy atom. The van der Waals surface area contributed by atoms with E-state index in [0.717, 1.165) is 38.1 Å². The second-order valence-corrected chi connectivity index (χ2v) is 8.15. The van der Waals surface area contributed by atoms with E-state index in [9.17, 15) is 9.59 Å². The van der Waals surface area contributed by atoms with E-state index in [0.29, 0.717) is 10.7 Å². The number of carbonyl (C=O) groups is 2. The minimum atomic E-state index is -0.269. The number of hydrogen-bond donors (Lipinski definition) is 0. The summed E-state index contributed by atoms with van der Waals surface area (Å²) in [5.41, 5.74) is 1.78. The molecule has 28 heavy (non-hydrogen) atoms. The van der Waals surface area contributed by atoms with Crippen molar-refractivity contribution >= 4 is 55.7 Å². The molecule has 1 aliphatic heterocycles. The molecular weight excluding hydrogens is 438 g/mol. The molecule has 0 saturated carbocycles. The first-order valence-corrected chi connectivity index (χ1v) is 10.2. The molecule has 0 unspecified atom stereocenters. The maximum Gasteiger partial charge on any atom is 0.293 e. The van der Waals surface area contributed by atoms with E-state index in [4.69, 9.17) is 4.74 Å². The number of hydrogen-bond acceptors (Lipinski definition) is 4. The van der Waals surface area contributed by atoms with E-state index in [1.165, 1.54) is 4.90 Å². The summed E-state index contributed by atoms with van der Waals surface area (Å²) < 4.78 is 6.02. The number of methoxy groups -OCH3 is 1. The van der Waals surface area contributed by atoms with Gasteiger partial charge in [-0.05, 0) is 67.8 Å². The quantitative estimate of drug-likeness (QED) is 0.465. The maximum atomic E-state index is 12.8. The molecule has 1 saturated heterocycles. The van der Waals surface area contributed by atoms with Crippen molar-refractivity contribution in [2.75, 3.05) is 7.11 Å². The van der Waals surface area contributed by atoms with Crippen LogP contribution < -0.4 is 4.74 Å². The van der Waals surface area contributed by atoms with Crippen LogP contribution in [0.4, 0.5) is 4.79 Å². The van der Waals surface area contributed by atoms with Crippen molar-refractivity contribution in [3.63, 3.8) is 0 Å². The van der Waals surface area contributed by atoms with Crippen molar-refractivity contribution in [3.05, 3.63) is 81.2 Å². The summed E-state index contributed by atoms with van der Waals surface area (Å²) in [5.74, 6) is 0.441. The molecule has 1 aliphatic rings. The molecule has 0 spiro atoms. The number of rotatable bonds is 4. The van der Waals surface area contributed by atoms with Crippen LogP contribution in [0.3, 0.4) is 0 Å². The van der Waals surface area contributed by atoms with Gasteiger partial charge in [0, 0.05) is 0 Å². The van der Waals surface area contributed by atoms with Gasteiger partial charge in [0.1, 0.15) is 5.75 Å². The summed E-state index contributed by atoms with van der Waals surface area (Å²) >= 11 is 4.41. The molecule has 0 N–H and O–H groups in total. The van der Waals surface area contributed by atoms with Gasteiger partial charge < -0.3 is 4.74 Å². The van der Waals surface area contributed by atoms with Gasteiger partial charge in [-0.15, -0.1) is 0 Å². The highest BCUT2D eigenvalue weighted by molar-refractivity contribution is 9.10. The zero-order chi connectivity index (χ0) is 19.7. The fourth-order valence-electron chi connectivity index (χ4n) is 3.16. The van der Waals surface area contributed by atoms with Gasteiger partial charge in [-0.3, -0.25) is 14.5 Å². The van der Waals surface area contributed by atoms with Gasteiger partial charge in [0.2, 0.25) is 0 Å². The van der Waals surface area contributed by atoms with E-state index >= 15 is 0 Å². The molecular formula is C22H16BrNO3S. The van der Waals surface area contributed by atoms with Crippen LogP contribution in [0.1, 0.15) is 11.1 Å². The normalized spacial score (nSPS) is 15.6. The Hall–Kier alpha value is -2.57. The maximum absolute atomic E-state index is 12.8. The summed E-state index contributed by atoms with van der Waals surface area (Å²) in [6.45, 7) is 0.260. The van der Waals surface area contributed by atoms with E-state index in [1.54, 1.807) is 13.2 Å². The van der Waals surface area contributed by atoms with Crippen molar-refractivity contribution < 1.29 is 14.3 Å². The number of halogens is 1. The summed E-state index contributed by atoms with van der Waals surface area (Å²) in [6.07, 6.45) is 1.73. The molecule has 3 aromatic rings. The monoisotopic (exact) mass is 453 g/mol. The van der Waals surface area contributed by atoms with Crippen LogP contribution in [-0.4, -0.2) is 23.2 Å². The van der Waals surface area contributed by atoms with Gasteiger partial charge in [0.25, 0.3) is 11.1 Å². The van der Waals surface area contributed by atoms with Crippen LogP contribution in [0.5, 0.6) is 5.75 Å². The number of nitrogens with zero attached hydrogens (tertiary/aromatic N) is 1. The lowest BCUT2D eigenvalue weighted by Gasteiger charge is -2.14. The van der Waals surface area contributed by atoms with Crippen LogP contribution in [0.15, 0.2) is 70.0 Å². The highest BCUT2D eigenvalue weighted by atomic mass is 79.9. The highest BCUT2D eigenvalue weighted by Gasteiger charge is 2.35. The Bertz CT molecular complexity index is 1120. The minimum absolute atomic E-state index is 0.253. The van der Waals surface area contributed by atoms with E-state index < -0.39 is 0 Å². The third-order valence-corrected chi connectivity index (χ3v) is 6.08. The smallest absolute Gasteiger partial charge is 0.293 e. The standard InChI is InChI=1S/C22H16BrNO3S/c1-27-19-10-9-14(11-18(19)23)12-20-21(25)24(22(26)28-20)13-16-7-4-6-15-5-2-3-8-17(15)16/h2-12H,13H2,1H3/b20-12-. The van der Waals surface area contributed by atoms with Crippen molar-refractivity contribution in [1.29, 1.82) is 0 Å². The molecule has 0 bridgehead atoms. The largest absolute Gasteiger partial charge is 0.496 e. The number of fused-ring (bicyclic) bond motifs is 1. The summed E-state index contributed by atoms with van der Waals surface area (Å²) in [4.78, 5) is 27.1. The van der Waals surface area contributed by atoms with Gasteiger partial charge in [-0.2, -0.15) is 0 Å². The molecule has 0 atom stereocenters. The first kappa shape index (κ1) is 18.8. The topological polar surface area (TPSA) is 46.6 Å². The predicted octanol–water partition coefficient (Wildman–Crippen LogP) is 5.85. The van der Waals surface area contributed by atoms with Gasteiger partial charge in [-0.25, -0.2) is 0 Å². The van der Waals surface area contributed by atoms with Gasteiger partial charge in [0.05, 0.1) is 23.0 Å². The Labute approximate surface area is 175 Å². The van der Waals surface area contributed by atoms with Crippen LogP contribution >= 0.6 is 27.7 Å². The number of thioether (sulfide) groups is 1. The lowest BCUT2D eigenvalue weighted by atomic mass is 10.0. The van der Waals surface area contributed by atoms with E-state index in [1.807, 2.05) is 60.7 Å². The third kappa shape index (κ3) is 3.57. The molecule has 4 rings (SSSR count). The fraction of sp³-hybridized carbons (Fsp3) is 0.0909. The predicted molar refractivity (Wildman–Crippen MR) is 116 cm³/mol. The lowest BCUT2D eigenvalue weighted by molar-refractivity contribution is -0.123. The second kappa shape index (κ2) is 7.81. The molecule has 6 heteroatoms. The third-order valence-electron chi connectivity index (χ3n) is 4.56. The Balaban J connectivity index is 1.61. The first-order valence-electron chi connectivity index (χ1n) is 8.62. The summed E-state index contributed by atoms with van der Waals surface area (Å²) in [5, 5.41) is 1.88. The Kier molecular flexibility index (Phi) is 5.24. The molecule has 2 amide bonds. The molecule has 1 fully saturated rings. The number of amides is 2. The zero-order valence-electron chi connectivity index (χ0n) is 15.0. The number of carbonyl (C=O) groups excluding carboxylic acids is 2. The molecule has 0 aromatic heterocycles. The average molecular weight is 454 g/mol. The average Bonchev–Trinajstić information content (AvgIpc) is 2.96. The highest BCUT2D eigenvalue weighted by Crippen LogP contribution is 2.35. The summed E-state index contributed by atoms with van der Waals surface area (Å²) in [6, 6.07) is 19.4. The molecule has 4 nitrogen and oxygen atoms in total. The van der Waals surface area contributed by atoms with Crippen LogP contribution in [0.25, 0.3) is 16.8 Å². The molecule has 3 aromatic carbocycles. The van der Waals surface area contributed by atoms with Crippen molar-refractivity contribution in [2.45, 2.75) is 6.54 Å². The minimum Gasteiger partial charge on any atom is -0.496 e. The molecule has 0 radical (unpaired) electrons. The van der Waals surface area contributed by atoms with Gasteiger partial charge >= 0.3 is 0 Å². The Morgan fingerprint density at radius 2 is 1.86 bits per heavy atom. The molecule has 1 heterocycles. The van der Waals surface area contributed by atoms with Crippen LogP contribution in [-0.2, 0) is 11.3 Å². The van der Waals surface area contributed by atoms with E-state index in [-0.39, 0.29) is 17.7 Å². The fourth-order valence-corrected chi connectivity index (χ4v) is 4.56. The summed E-state index contributed by atoms with van der Waals surface area (Å²) in [7, 11) is 1.60. The second-order valence-electron chi connectivity index (χ2n) is 6.30. The van der Waals surface area contributed by atoms with Crippen LogP contribution in [0.2, 0.25) is 0 Å². The van der Waals surface area contributed by atoms with Gasteiger partial charge in [0.15, 0.2) is 0 Å². The van der Waals surface area contributed by atoms with Crippen LogP contribution in [0, 0.1) is 0 Å². The first-order chi connectivity index (χ1) is 13.6. The van der Waals surface area contributed by atoms with Gasteiger partial charge in [-0.1, -0.05) is 48.5 Å². The lowest BCUT2D eigenvalue weighted by Crippen LogP contribution is -2.27. The Morgan fingerprint density at radius 3 is 2.64 bits per heavy atom. The zero-order valence-corrected chi connectivity index (χ0v) is 17.4. The number of ether oxygens (including phenoxy) is 1. The van der Waals surface area contributed by atoms with Crippen molar-refractivity contribution in [2.24, 2.45) is 0 Å². The molecule has 0 aliphatic carbocycles.